The van der Waals surface area contributed by atoms with Crippen LogP contribution in [0.5, 0.6) is 0 Å². The number of imidazole rings is 1. The number of rotatable bonds is 3. The van der Waals surface area contributed by atoms with Crippen molar-refractivity contribution in [3.63, 3.8) is 0 Å². The van der Waals surface area contributed by atoms with E-state index in [0.717, 1.165) is 25.5 Å². The number of benzene rings is 1. The van der Waals surface area contributed by atoms with Crippen molar-refractivity contribution in [2.75, 3.05) is 0 Å². The molecule has 0 unspecified atom stereocenters. The topological polar surface area (TPSA) is 34.0 Å². The predicted octanol–water partition coefficient (Wildman–Crippen LogP) is 3.10. The summed E-state index contributed by atoms with van der Waals surface area (Å²) in [6, 6.07) is 11.1. The molecule has 4 nitrogen and oxygen atoms in total. The first-order chi connectivity index (χ1) is 10.4. The van der Waals surface area contributed by atoms with Gasteiger partial charge in [0.25, 0.3) is 0 Å². The maximum Gasteiger partial charge on any atom is 0.122 e. The van der Waals surface area contributed by atoms with E-state index in [1.165, 1.54) is 10.4 Å². The average Bonchev–Trinajstić information content (AvgIpc) is 3.18. The number of fused-ring (bicyclic) bond motifs is 1. The molecule has 3 heterocycles. The van der Waals surface area contributed by atoms with Crippen molar-refractivity contribution in [2.24, 2.45) is 0 Å². The van der Waals surface area contributed by atoms with Gasteiger partial charge in [-0.25, -0.2) is 4.98 Å². The maximum absolute atomic E-state index is 4.47. The Morgan fingerprint density at radius 1 is 1.24 bits per heavy atom. The fourth-order valence-electron chi connectivity index (χ4n) is 2.93. The number of hydrogen-bond acceptors (Lipinski definition) is 4. The molecule has 106 valence electrons. The van der Waals surface area contributed by atoms with Crippen molar-refractivity contribution in [3.8, 4) is 0 Å². The normalized spacial score (nSPS) is 18.6. The Morgan fingerprint density at radius 3 is 2.95 bits per heavy atom. The quantitative estimate of drug-likeness (QED) is 0.745. The van der Waals surface area contributed by atoms with Crippen molar-refractivity contribution >= 4 is 11.3 Å². The number of aromatic nitrogens is 3. The molecule has 0 spiro atoms. The van der Waals surface area contributed by atoms with Crippen LogP contribution in [-0.4, -0.2) is 19.4 Å². The second-order valence-electron chi connectivity index (χ2n) is 5.30. The molecule has 1 aliphatic rings. The maximum atomic E-state index is 4.47. The molecule has 0 aliphatic carbocycles. The average molecular weight is 296 g/mol. The van der Waals surface area contributed by atoms with Crippen LogP contribution < -0.4 is 0 Å². The SMILES string of the molecule is c1ccc([C@H]2Cn3ccnc3CN2Cc2cncs2)cc1. The molecule has 5 heteroatoms. The van der Waals surface area contributed by atoms with E-state index >= 15 is 0 Å². The molecule has 2 aromatic heterocycles. The minimum absolute atomic E-state index is 0.384. The fourth-order valence-corrected chi connectivity index (χ4v) is 3.55. The van der Waals surface area contributed by atoms with Gasteiger partial charge >= 0.3 is 0 Å². The van der Waals surface area contributed by atoms with Crippen molar-refractivity contribution in [2.45, 2.75) is 25.7 Å². The van der Waals surface area contributed by atoms with E-state index in [1.54, 1.807) is 11.3 Å². The number of nitrogens with zero attached hydrogens (tertiary/aromatic N) is 4. The lowest BCUT2D eigenvalue weighted by atomic mass is 10.0. The minimum atomic E-state index is 0.384. The van der Waals surface area contributed by atoms with E-state index in [2.05, 4.69) is 56.0 Å². The highest BCUT2D eigenvalue weighted by Crippen LogP contribution is 2.30. The summed E-state index contributed by atoms with van der Waals surface area (Å²) in [5.74, 6) is 1.15. The first-order valence-corrected chi connectivity index (χ1v) is 7.94. The van der Waals surface area contributed by atoms with E-state index in [0.29, 0.717) is 6.04 Å². The molecule has 1 aromatic carbocycles. The Labute approximate surface area is 127 Å². The first-order valence-electron chi connectivity index (χ1n) is 7.06. The van der Waals surface area contributed by atoms with Crippen LogP contribution in [0.3, 0.4) is 0 Å². The van der Waals surface area contributed by atoms with Crippen LogP contribution in [0.4, 0.5) is 0 Å². The lowest BCUT2D eigenvalue weighted by Crippen LogP contribution is -2.36. The van der Waals surface area contributed by atoms with Gasteiger partial charge in [0, 0.05) is 36.6 Å². The van der Waals surface area contributed by atoms with Crippen molar-refractivity contribution in [3.05, 3.63) is 70.7 Å². The van der Waals surface area contributed by atoms with Gasteiger partial charge in [-0.05, 0) is 5.56 Å². The van der Waals surface area contributed by atoms with Gasteiger partial charge in [-0.15, -0.1) is 11.3 Å². The summed E-state index contributed by atoms with van der Waals surface area (Å²) in [6.07, 6.45) is 5.94. The molecule has 0 fully saturated rings. The highest BCUT2D eigenvalue weighted by Gasteiger charge is 2.28. The van der Waals surface area contributed by atoms with E-state index in [-0.39, 0.29) is 0 Å². The Kier molecular flexibility index (Phi) is 3.29. The molecule has 0 amide bonds. The van der Waals surface area contributed by atoms with Crippen LogP contribution in [0.1, 0.15) is 22.3 Å². The van der Waals surface area contributed by atoms with Crippen LogP contribution in [0.25, 0.3) is 0 Å². The summed E-state index contributed by atoms with van der Waals surface area (Å²) in [4.78, 5) is 12.5. The van der Waals surface area contributed by atoms with Crippen LogP contribution >= 0.6 is 11.3 Å². The molecule has 4 rings (SSSR count). The molecule has 1 atom stereocenters. The van der Waals surface area contributed by atoms with Crippen LogP contribution in [0, 0.1) is 0 Å². The van der Waals surface area contributed by atoms with Gasteiger partial charge in [-0.1, -0.05) is 30.3 Å². The molecule has 0 bridgehead atoms. The third kappa shape index (κ3) is 2.50. The zero-order chi connectivity index (χ0) is 14.1. The van der Waals surface area contributed by atoms with Gasteiger partial charge in [-0.2, -0.15) is 0 Å². The van der Waals surface area contributed by atoms with E-state index in [1.807, 2.05) is 17.9 Å². The zero-order valence-corrected chi connectivity index (χ0v) is 12.4. The van der Waals surface area contributed by atoms with Crippen molar-refractivity contribution in [1.82, 2.24) is 19.4 Å². The minimum Gasteiger partial charge on any atom is -0.332 e. The lowest BCUT2D eigenvalue weighted by Gasteiger charge is -2.36. The van der Waals surface area contributed by atoms with E-state index in [9.17, 15) is 0 Å². The molecule has 0 saturated carbocycles. The van der Waals surface area contributed by atoms with Crippen LogP contribution in [0.2, 0.25) is 0 Å². The third-order valence-electron chi connectivity index (χ3n) is 3.98. The molecule has 1 aliphatic heterocycles. The standard InChI is InChI=1S/C16H16N4S/c1-2-4-13(5-3-1)15-10-19-7-6-18-16(19)11-20(15)9-14-8-17-12-21-14/h1-8,12,15H,9-11H2/t15-/m1/s1. The van der Waals surface area contributed by atoms with E-state index in [4.69, 9.17) is 0 Å². The van der Waals surface area contributed by atoms with Crippen molar-refractivity contribution < 1.29 is 0 Å². The summed E-state index contributed by atoms with van der Waals surface area (Å²) in [5.41, 5.74) is 3.26. The Bertz CT molecular complexity index is 705. The van der Waals surface area contributed by atoms with Gasteiger partial charge in [0.1, 0.15) is 5.82 Å². The smallest absolute Gasteiger partial charge is 0.122 e. The van der Waals surface area contributed by atoms with Gasteiger partial charge in [0.15, 0.2) is 0 Å². The summed E-state index contributed by atoms with van der Waals surface area (Å²) in [6.45, 7) is 2.76. The van der Waals surface area contributed by atoms with E-state index < -0.39 is 0 Å². The molecule has 3 aromatic rings. The number of thiazole rings is 1. The zero-order valence-electron chi connectivity index (χ0n) is 11.6. The van der Waals surface area contributed by atoms with Crippen LogP contribution in [0.15, 0.2) is 54.4 Å². The largest absolute Gasteiger partial charge is 0.332 e. The molecular formula is C16H16N4S. The second kappa shape index (κ2) is 5.42. The van der Waals surface area contributed by atoms with Crippen LogP contribution in [-0.2, 0) is 19.6 Å². The molecule has 0 N–H and O–H groups in total. The molecular weight excluding hydrogens is 280 g/mol. The Hall–Kier alpha value is -1.98. The Morgan fingerprint density at radius 2 is 2.14 bits per heavy atom. The Balaban J connectivity index is 1.67. The summed E-state index contributed by atoms with van der Waals surface area (Å²) in [7, 11) is 0. The van der Waals surface area contributed by atoms with Gasteiger partial charge in [-0.3, -0.25) is 9.88 Å². The number of hydrogen-bond donors (Lipinski definition) is 0. The molecule has 0 saturated heterocycles. The fraction of sp³-hybridized carbons (Fsp3) is 0.250. The highest BCUT2D eigenvalue weighted by atomic mass is 32.1. The summed E-state index contributed by atoms with van der Waals surface area (Å²) >= 11 is 1.72. The van der Waals surface area contributed by atoms with Gasteiger partial charge in [0.2, 0.25) is 0 Å². The van der Waals surface area contributed by atoms with Gasteiger partial charge in [0.05, 0.1) is 18.1 Å². The second-order valence-corrected chi connectivity index (χ2v) is 6.27. The van der Waals surface area contributed by atoms with Gasteiger partial charge < -0.3 is 4.57 Å². The summed E-state index contributed by atoms with van der Waals surface area (Å²) < 4.78 is 2.26. The highest BCUT2D eigenvalue weighted by molar-refractivity contribution is 7.09. The molecule has 21 heavy (non-hydrogen) atoms. The van der Waals surface area contributed by atoms with Crippen molar-refractivity contribution in [1.29, 1.82) is 0 Å². The first kappa shape index (κ1) is 12.7. The third-order valence-corrected chi connectivity index (χ3v) is 4.75. The lowest BCUT2D eigenvalue weighted by molar-refractivity contribution is 0.129. The monoisotopic (exact) mass is 296 g/mol. The summed E-state index contributed by atoms with van der Waals surface area (Å²) in [5, 5.41) is 0. The predicted molar refractivity (Wildman–Crippen MR) is 82.8 cm³/mol. The molecule has 0 radical (unpaired) electrons.